The number of esters is 1. The Morgan fingerprint density at radius 1 is 0.758 bits per heavy atom. The van der Waals surface area contributed by atoms with Gasteiger partial charge >= 0.3 is 5.97 Å². The molecule has 0 N–H and O–H groups in total. The molecule has 3 aromatic rings. The predicted molar refractivity (Wildman–Crippen MR) is 124 cm³/mol. The van der Waals surface area contributed by atoms with E-state index >= 15 is 0 Å². The van der Waals surface area contributed by atoms with Crippen LogP contribution in [0.4, 0.5) is 0 Å². The van der Waals surface area contributed by atoms with E-state index in [1.54, 1.807) is 24.3 Å². The number of ether oxygens (including phenoxy) is 5. The van der Waals surface area contributed by atoms with Crippen molar-refractivity contribution in [2.24, 2.45) is 0 Å². The van der Waals surface area contributed by atoms with Crippen LogP contribution in [0.25, 0.3) is 11.6 Å². The average molecular weight is 445 g/mol. The molecule has 0 unspecified atom stereocenters. The Morgan fingerprint density at radius 3 is 1.94 bits per heavy atom. The number of hydrogen-bond acceptors (Lipinski definition) is 7. The number of carbonyl (C=O) groups excluding carboxylic acids is 1. The lowest BCUT2D eigenvalue weighted by Gasteiger charge is -2.14. The van der Waals surface area contributed by atoms with Gasteiger partial charge in [-0.3, -0.25) is 0 Å². The summed E-state index contributed by atoms with van der Waals surface area (Å²) in [6.45, 7) is 0. The van der Waals surface area contributed by atoms with E-state index in [9.17, 15) is 10.1 Å². The van der Waals surface area contributed by atoms with Crippen molar-refractivity contribution in [3.63, 3.8) is 0 Å². The zero-order valence-electron chi connectivity index (χ0n) is 18.7. The van der Waals surface area contributed by atoms with Crippen LogP contribution in [-0.4, -0.2) is 34.4 Å². The van der Waals surface area contributed by atoms with Crippen LogP contribution in [0.5, 0.6) is 28.7 Å². The molecule has 3 aromatic carbocycles. The molecule has 33 heavy (non-hydrogen) atoms. The molecule has 7 nitrogen and oxygen atoms in total. The molecule has 7 heteroatoms. The minimum absolute atomic E-state index is 0.214. The first kappa shape index (κ1) is 23.2. The SMILES string of the molecule is COc1cc(/C=C(/C#N)c2ccccc2)ccc1OC(=O)c1cc(OC)c(OC)c(OC)c1. The van der Waals surface area contributed by atoms with Crippen molar-refractivity contribution in [1.82, 2.24) is 0 Å². The van der Waals surface area contributed by atoms with Crippen molar-refractivity contribution in [1.29, 1.82) is 5.26 Å². The summed E-state index contributed by atoms with van der Waals surface area (Å²) in [6.07, 6.45) is 1.74. The van der Waals surface area contributed by atoms with Crippen molar-refractivity contribution in [3.8, 4) is 34.8 Å². The number of nitriles is 1. The zero-order chi connectivity index (χ0) is 23.8. The van der Waals surface area contributed by atoms with Gasteiger partial charge in [-0.05, 0) is 41.5 Å². The van der Waals surface area contributed by atoms with Gasteiger partial charge in [0.1, 0.15) is 0 Å². The number of hydrogen-bond donors (Lipinski definition) is 0. The first-order valence-corrected chi connectivity index (χ1v) is 9.92. The smallest absolute Gasteiger partial charge is 0.343 e. The Kier molecular flexibility index (Phi) is 7.55. The van der Waals surface area contributed by atoms with E-state index in [2.05, 4.69) is 6.07 Å². The molecule has 0 fully saturated rings. The molecule has 0 aromatic heterocycles. The maximum Gasteiger partial charge on any atom is 0.343 e. The van der Waals surface area contributed by atoms with Gasteiger partial charge in [0.15, 0.2) is 23.0 Å². The summed E-state index contributed by atoms with van der Waals surface area (Å²) >= 11 is 0. The van der Waals surface area contributed by atoms with E-state index in [1.165, 1.54) is 40.6 Å². The van der Waals surface area contributed by atoms with Crippen LogP contribution in [0, 0.1) is 11.3 Å². The fraction of sp³-hybridized carbons (Fsp3) is 0.154. The number of methoxy groups -OCH3 is 4. The van der Waals surface area contributed by atoms with E-state index in [-0.39, 0.29) is 11.3 Å². The van der Waals surface area contributed by atoms with E-state index in [4.69, 9.17) is 23.7 Å². The first-order valence-electron chi connectivity index (χ1n) is 9.92. The highest BCUT2D eigenvalue weighted by atomic mass is 16.6. The van der Waals surface area contributed by atoms with Crippen molar-refractivity contribution in [2.75, 3.05) is 28.4 Å². The standard InChI is InChI=1S/C26H23NO6/c1-29-22-13-17(12-20(16-27)18-8-6-5-7-9-18)10-11-21(22)33-26(28)19-14-23(30-2)25(32-4)24(15-19)31-3/h5-15H,1-4H3/b20-12-. The van der Waals surface area contributed by atoms with Crippen LogP contribution >= 0.6 is 0 Å². The monoisotopic (exact) mass is 445 g/mol. The minimum atomic E-state index is -0.627. The summed E-state index contributed by atoms with van der Waals surface area (Å²) in [4.78, 5) is 12.8. The molecule has 3 rings (SSSR count). The van der Waals surface area contributed by atoms with Gasteiger partial charge in [-0.15, -0.1) is 0 Å². The van der Waals surface area contributed by atoms with Crippen LogP contribution < -0.4 is 23.7 Å². The van der Waals surface area contributed by atoms with Crippen molar-refractivity contribution < 1.29 is 28.5 Å². The molecule has 0 aliphatic heterocycles. The summed E-state index contributed by atoms with van der Waals surface area (Å²) in [5.41, 5.74) is 2.24. The van der Waals surface area contributed by atoms with Crippen LogP contribution in [0.2, 0.25) is 0 Å². The number of carbonyl (C=O) groups is 1. The van der Waals surface area contributed by atoms with Gasteiger partial charge in [0.2, 0.25) is 5.75 Å². The second kappa shape index (κ2) is 10.7. The van der Waals surface area contributed by atoms with Crippen LogP contribution in [0.1, 0.15) is 21.5 Å². The normalized spacial score (nSPS) is 10.7. The van der Waals surface area contributed by atoms with Crippen molar-refractivity contribution >= 4 is 17.6 Å². The Morgan fingerprint density at radius 2 is 1.39 bits per heavy atom. The molecule has 0 radical (unpaired) electrons. The molecule has 0 saturated heterocycles. The highest BCUT2D eigenvalue weighted by molar-refractivity contribution is 5.93. The Labute approximate surface area is 192 Å². The molecule has 0 amide bonds. The fourth-order valence-electron chi connectivity index (χ4n) is 3.18. The number of allylic oxidation sites excluding steroid dienone is 1. The molecular weight excluding hydrogens is 422 g/mol. The maximum absolute atomic E-state index is 12.8. The van der Waals surface area contributed by atoms with Gasteiger partial charge in [-0.2, -0.15) is 5.26 Å². The van der Waals surface area contributed by atoms with Crippen LogP contribution in [-0.2, 0) is 0 Å². The topological polar surface area (TPSA) is 87.0 Å². The lowest BCUT2D eigenvalue weighted by Crippen LogP contribution is -2.10. The summed E-state index contributed by atoms with van der Waals surface area (Å²) in [7, 11) is 5.88. The van der Waals surface area contributed by atoms with Gasteiger partial charge in [-0.1, -0.05) is 36.4 Å². The molecular formula is C26H23NO6. The molecule has 168 valence electrons. The minimum Gasteiger partial charge on any atom is -0.493 e. The number of nitrogens with zero attached hydrogens (tertiary/aromatic N) is 1. The zero-order valence-corrected chi connectivity index (χ0v) is 18.7. The number of benzene rings is 3. The Hall–Kier alpha value is -4.44. The maximum atomic E-state index is 12.8. The predicted octanol–water partition coefficient (Wildman–Crippen LogP) is 5.00. The summed E-state index contributed by atoms with van der Waals surface area (Å²) in [5.74, 6) is 0.985. The quantitative estimate of drug-likeness (QED) is 0.209. The summed E-state index contributed by atoms with van der Waals surface area (Å²) in [6, 6.07) is 19.6. The van der Waals surface area contributed by atoms with Crippen LogP contribution in [0.15, 0.2) is 60.7 Å². The van der Waals surface area contributed by atoms with Crippen molar-refractivity contribution in [2.45, 2.75) is 0 Å². The van der Waals surface area contributed by atoms with Crippen LogP contribution in [0.3, 0.4) is 0 Å². The summed E-state index contributed by atoms with van der Waals surface area (Å²) in [5, 5.41) is 9.54. The summed E-state index contributed by atoms with van der Waals surface area (Å²) < 4.78 is 26.8. The molecule has 0 aliphatic rings. The van der Waals surface area contributed by atoms with Gasteiger partial charge in [0, 0.05) is 0 Å². The van der Waals surface area contributed by atoms with E-state index < -0.39 is 5.97 Å². The van der Waals surface area contributed by atoms with Gasteiger partial charge < -0.3 is 23.7 Å². The van der Waals surface area contributed by atoms with Gasteiger partial charge in [0.05, 0.1) is 45.6 Å². The molecule has 0 saturated carbocycles. The molecule has 0 spiro atoms. The second-order valence-electron chi connectivity index (χ2n) is 6.75. The van der Waals surface area contributed by atoms with Gasteiger partial charge in [-0.25, -0.2) is 4.79 Å². The second-order valence-corrected chi connectivity index (χ2v) is 6.75. The van der Waals surface area contributed by atoms with Crippen molar-refractivity contribution in [3.05, 3.63) is 77.4 Å². The fourth-order valence-corrected chi connectivity index (χ4v) is 3.18. The molecule has 0 aliphatic carbocycles. The third kappa shape index (κ3) is 5.25. The highest BCUT2D eigenvalue weighted by Crippen LogP contribution is 2.39. The molecule has 0 bridgehead atoms. The lowest BCUT2D eigenvalue weighted by atomic mass is 10.0. The first-order chi connectivity index (χ1) is 16.0. The average Bonchev–Trinajstić information content (AvgIpc) is 2.87. The Bertz CT molecular complexity index is 1190. The molecule has 0 heterocycles. The van der Waals surface area contributed by atoms with E-state index in [0.717, 1.165) is 11.1 Å². The third-order valence-electron chi connectivity index (χ3n) is 4.81. The van der Waals surface area contributed by atoms with Gasteiger partial charge in [0.25, 0.3) is 0 Å². The van der Waals surface area contributed by atoms with E-state index in [1.807, 2.05) is 30.3 Å². The Balaban J connectivity index is 1.90. The molecule has 0 atom stereocenters. The third-order valence-corrected chi connectivity index (χ3v) is 4.81. The lowest BCUT2D eigenvalue weighted by molar-refractivity contribution is 0.0728. The number of rotatable bonds is 8. The highest BCUT2D eigenvalue weighted by Gasteiger charge is 2.19. The van der Waals surface area contributed by atoms with E-state index in [0.29, 0.717) is 28.6 Å². The largest absolute Gasteiger partial charge is 0.493 e.